The second-order valence-corrected chi connectivity index (χ2v) is 8.59. The first-order valence-corrected chi connectivity index (χ1v) is 10.3. The molecule has 3 heterocycles. The molecule has 7 heteroatoms. The average molecular weight is 396 g/mol. The Morgan fingerprint density at radius 3 is 2.76 bits per heavy atom. The van der Waals surface area contributed by atoms with Gasteiger partial charge in [0.05, 0.1) is 6.33 Å². The predicted octanol–water partition coefficient (Wildman–Crippen LogP) is 2.63. The molecule has 154 valence electrons. The molecule has 1 N–H and O–H groups in total. The first-order chi connectivity index (χ1) is 13.9. The van der Waals surface area contributed by atoms with Gasteiger partial charge in [0.2, 0.25) is 11.5 Å². The van der Waals surface area contributed by atoms with Gasteiger partial charge in [-0.15, -0.1) is 0 Å². The fourth-order valence-corrected chi connectivity index (χ4v) is 4.58. The number of hydrogen-bond acceptors (Lipinski definition) is 5. The molecule has 7 nitrogen and oxygen atoms in total. The lowest BCUT2D eigenvalue weighted by Crippen LogP contribution is -2.47. The number of nitrogens with one attached hydrogen (secondary N) is 1. The molecule has 1 aromatic carbocycles. The molecule has 1 amide bonds. The summed E-state index contributed by atoms with van der Waals surface area (Å²) in [5.74, 6) is 1.17. The summed E-state index contributed by atoms with van der Waals surface area (Å²) in [6.45, 7) is 9.43. The van der Waals surface area contributed by atoms with E-state index >= 15 is 0 Å². The van der Waals surface area contributed by atoms with Crippen molar-refractivity contribution in [2.45, 2.75) is 39.8 Å². The van der Waals surface area contributed by atoms with E-state index in [1.807, 2.05) is 25.1 Å². The highest BCUT2D eigenvalue weighted by atomic mass is 16.3. The molecule has 4 rings (SSSR count). The van der Waals surface area contributed by atoms with E-state index in [0.29, 0.717) is 22.9 Å². The average Bonchev–Trinajstić information content (AvgIpc) is 3.02. The molecular formula is C22H28N4O3. The fraction of sp³-hybridized carbons (Fsp3) is 0.500. The van der Waals surface area contributed by atoms with Crippen LogP contribution in [0.4, 0.5) is 0 Å². The number of carbonyl (C=O) groups excluding carboxylic acids is 1. The van der Waals surface area contributed by atoms with Gasteiger partial charge in [-0.25, -0.2) is 4.98 Å². The van der Waals surface area contributed by atoms with E-state index in [4.69, 9.17) is 4.42 Å². The third-order valence-electron chi connectivity index (χ3n) is 5.55. The van der Waals surface area contributed by atoms with Gasteiger partial charge in [-0.1, -0.05) is 26.0 Å². The van der Waals surface area contributed by atoms with Crippen LogP contribution >= 0.6 is 0 Å². The van der Waals surface area contributed by atoms with Crippen molar-refractivity contribution in [3.8, 4) is 0 Å². The van der Waals surface area contributed by atoms with Gasteiger partial charge >= 0.3 is 0 Å². The summed E-state index contributed by atoms with van der Waals surface area (Å²) in [6.07, 6.45) is 2.68. The first kappa shape index (κ1) is 19.6. The number of furan rings is 1. The summed E-state index contributed by atoms with van der Waals surface area (Å²) in [4.78, 5) is 32.0. The Morgan fingerprint density at radius 1 is 1.28 bits per heavy atom. The van der Waals surface area contributed by atoms with Crippen LogP contribution in [0.3, 0.4) is 0 Å². The van der Waals surface area contributed by atoms with Gasteiger partial charge in [0.1, 0.15) is 17.6 Å². The minimum atomic E-state index is -0.340. The van der Waals surface area contributed by atoms with Crippen LogP contribution in [0.15, 0.2) is 39.8 Å². The number of nitrogens with zero attached hydrogens (tertiary/aromatic N) is 3. The number of piperidine rings is 1. The second kappa shape index (κ2) is 7.99. The van der Waals surface area contributed by atoms with Crippen molar-refractivity contribution in [3.63, 3.8) is 0 Å². The Labute approximate surface area is 169 Å². The Bertz CT molecular complexity index is 1080. The largest absolute Gasteiger partial charge is 0.448 e. The summed E-state index contributed by atoms with van der Waals surface area (Å²) in [6, 6.07) is 7.41. The molecule has 0 spiro atoms. The van der Waals surface area contributed by atoms with Gasteiger partial charge in [-0.05, 0) is 37.3 Å². The van der Waals surface area contributed by atoms with Crippen molar-refractivity contribution in [1.82, 2.24) is 19.8 Å². The van der Waals surface area contributed by atoms with Gasteiger partial charge in [-0.3, -0.25) is 14.2 Å². The van der Waals surface area contributed by atoms with Crippen molar-refractivity contribution < 1.29 is 9.21 Å². The third kappa shape index (κ3) is 4.19. The molecule has 1 aliphatic heterocycles. The summed E-state index contributed by atoms with van der Waals surface area (Å²) >= 11 is 0. The molecule has 0 radical (unpaired) electrons. The molecule has 0 bridgehead atoms. The molecule has 0 saturated carbocycles. The van der Waals surface area contributed by atoms with Crippen LogP contribution in [0.25, 0.3) is 22.1 Å². The van der Waals surface area contributed by atoms with E-state index in [2.05, 4.69) is 29.0 Å². The van der Waals surface area contributed by atoms with E-state index < -0.39 is 0 Å². The normalized spacial score (nSPS) is 21.5. The Kier molecular flexibility index (Phi) is 5.41. The van der Waals surface area contributed by atoms with Crippen molar-refractivity contribution in [3.05, 3.63) is 40.9 Å². The minimum absolute atomic E-state index is 0.0126. The highest BCUT2D eigenvalue weighted by Crippen LogP contribution is 2.24. The van der Waals surface area contributed by atoms with Gasteiger partial charge < -0.3 is 14.6 Å². The maximum atomic E-state index is 12.7. The zero-order chi connectivity index (χ0) is 20.5. The zero-order valence-electron chi connectivity index (χ0n) is 17.2. The summed E-state index contributed by atoms with van der Waals surface area (Å²) in [5, 5.41) is 3.81. The standard InChI is InChI=1S/C22H28N4O3/c1-14-8-15(2)10-25(9-14)11-16(3)24-19(27)12-26-13-23-20-17-6-4-5-7-18(17)29-21(20)22(26)28/h4-7,13-16H,8-12H2,1-3H3,(H,24,27). The number of para-hydroxylation sites is 1. The van der Waals surface area contributed by atoms with Gasteiger partial charge in [0, 0.05) is 31.1 Å². The number of aromatic nitrogens is 2. The molecule has 0 aliphatic carbocycles. The monoisotopic (exact) mass is 396 g/mol. The Morgan fingerprint density at radius 2 is 2.00 bits per heavy atom. The van der Waals surface area contributed by atoms with Gasteiger partial charge in [0.15, 0.2) is 0 Å². The highest BCUT2D eigenvalue weighted by Gasteiger charge is 2.23. The first-order valence-electron chi connectivity index (χ1n) is 10.3. The number of amides is 1. The van der Waals surface area contributed by atoms with E-state index in [1.165, 1.54) is 17.3 Å². The van der Waals surface area contributed by atoms with Crippen molar-refractivity contribution >= 4 is 28.0 Å². The third-order valence-corrected chi connectivity index (χ3v) is 5.55. The van der Waals surface area contributed by atoms with Gasteiger partial charge in [0.25, 0.3) is 5.56 Å². The topological polar surface area (TPSA) is 80.4 Å². The maximum absolute atomic E-state index is 12.7. The van der Waals surface area contributed by atoms with Crippen LogP contribution in [0, 0.1) is 11.8 Å². The Balaban J connectivity index is 1.43. The lowest BCUT2D eigenvalue weighted by atomic mass is 9.92. The molecule has 1 aliphatic rings. The molecule has 3 atom stereocenters. The maximum Gasteiger partial charge on any atom is 0.297 e. The smallest absolute Gasteiger partial charge is 0.297 e. The van der Waals surface area contributed by atoms with E-state index in [1.54, 1.807) is 6.07 Å². The van der Waals surface area contributed by atoms with E-state index in [0.717, 1.165) is 25.0 Å². The number of benzene rings is 1. The van der Waals surface area contributed by atoms with Crippen LogP contribution in [0.2, 0.25) is 0 Å². The Hall–Kier alpha value is -2.67. The van der Waals surface area contributed by atoms with Crippen LogP contribution in [0.5, 0.6) is 0 Å². The fourth-order valence-electron chi connectivity index (χ4n) is 4.58. The molecule has 3 unspecified atom stereocenters. The molecule has 29 heavy (non-hydrogen) atoms. The highest BCUT2D eigenvalue weighted by molar-refractivity contribution is 6.01. The summed E-state index contributed by atoms with van der Waals surface area (Å²) < 4.78 is 6.98. The molecule has 2 aromatic heterocycles. The molecule has 3 aromatic rings. The summed E-state index contributed by atoms with van der Waals surface area (Å²) in [5.41, 5.74) is 0.996. The predicted molar refractivity (Wildman–Crippen MR) is 113 cm³/mol. The minimum Gasteiger partial charge on any atom is -0.448 e. The molecule has 1 saturated heterocycles. The van der Waals surface area contributed by atoms with Crippen LogP contribution in [-0.2, 0) is 11.3 Å². The molecule has 1 fully saturated rings. The SMILES string of the molecule is CC1CC(C)CN(CC(C)NC(=O)Cn2cnc3c(oc4ccccc43)c2=O)C1. The molecular weight excluding hydrogens is 368 g/mol. The van der Waals surface area contributed by atoms with Crippen LogP contribution < -0.4 is 10.9 Å². The second-order valence-electron chi connectivity index (χ2n) is 8.59. The zero-order valence-corrected chi connectivity index (χ0v) is 17.2. The quantitative estimate of drug-likeness (QED) is 0.717. The van der Waals surface area contributed by atoms with Crippen molar-refractivity contribution in [1.29, 1.82) is 0 Å². The van der Waals surface area contributed by atoms with E-state index in [-0.39, 0.29) is 29.6 Å². The van der Waals surface area contributed by atoms with Crippen LogP contribution in [0.1, 0.15) is 27.2 Å². The lowest BCUT2D eigenvalue weighted by molar-refractivity contribution is -0.122. The lowest BCUT2D eigenvalue weighted by Gasteiger charge is -2.36. The number of fused-ring (bicyclic) bond motifs is 3. The van der Waals surface area contributed by atoms with Crippen molar-refractivity contribution in [2.24, 2.45) is 11.8 Å². The van der Waals surface area contributed by atoms with Crippen molar-refractivity contribution in [2.75, 3.05) is 19.6 Å². The summed E-state index contributed by atoms with van der Waals surface area (Å²) in [7, 11) is 0. The van der Waals surface area contributed by atoms with E-state index in [9.17, 15) is 9.59 Å². The number of likely N-dealkylation sites (tertiary alicyclic amines) is 1. The number of hydrogen-bond donors (Lipinski definition) is 1. The van der Waals surface area contributed by atoms with Gasteiger partial charge in [-0.2, -0.15) is 0 Å². The number of carbonyl (C=O) groups is 1. The van der Waals surface area contributed by atoms with Crippen LogP contribution in [-0.4, -0.2) is 46.0 Å². The number of rotatable bonds is 5.